The van der Waals surface area contributed by atoms with E-state index >= 15 is 0 Å². The van der Waals surface area contributed by atoms with Crippen LogP contribution in [-0.4, -0.2) is 30.4 Å². The van der Waals surface area contributed by atoms with Crippen molar-refractivity contribution in [3.8, 4) is 5.75 Å². The van der Waals surface area contributed by atoms with Crippen LogP contribution in [0.4, 0.5) is 5.69 Å². The second kappa shape index (κ2) is 7.79. The van der Waals surface area contributed by atoms with Gasteiger partial charge in [0.2, 0.25) is 11.8 Å². The largest absolute Gasteiger partial charge is 0.497 e. The van der Waals surface area contributed by atoms with E-state index in [1.54, 1.807) is 24.1 Å². The number of likely N-dealkylation sites (tertiary alicyclic amines) is 1. The Morgan fingerprint density at radius 2 is 2.00 bits per heavy atom. The zero-order chi connectivity index (χ0) is 18.7. The fourth-order valence-electron chi connectivity index (χ4n) is 3.02. The van der Waals surface area contributed by atoms with Gasteiger partial charge in [-0.2, -0.15) is 0 Å². The number of aryl methyl sites for hydroxylation is 1. The van der Waals surface area contributed by atoms with Crippen LogP contribution in [0.3, 0.4) is 0 Å². The van der Waals surface area contributed by atoms with Gasteiger partial charge in [-0.25, -0.2) is 0 Å². The average molecular weight is 373 g/mol. The lowest BCUT2D eigenvalue weighted by atomic mass is 10.1. The molecule has 1 saturated heterocycles. The maximum absolute atomic E-state index is 12.6. The zero-order valence-corrected chi connectivity index (χ0v) is 15.5. The topological polar surface area (TPSA) is 58.6 Å². The molecule has 1 heterocycles. The van der Waals surface area contributed by atoms with Crippen LogP contribution < -0.4 is 10.1 Å². The fourth-order valence-corrected chi connectivity index (χ4v) is 3.19. The number of halogens is 1. The highest BCUT2D eigenvalue weighted by molar-refractivity contribution is 6.31. The molecule has 3 rings (SSSR count). The molecule has 0 aromatic heterocycles. The number of methoxy groups -OCH3 is 1. The van der Waals surface area contributed by atoms with Crippen LogP contribution in [0.25, 0.3) is 0 Å². The zero-order valence-electron chi connectivity index (χ0n) is 14.8. The van der Waals surface area contributed by atoms with Crippen molar-refractivity contribution in [2.24, 2.45) is 5.92 Å². The fraction of sp³-hybridized carbons (Fsp3) is 0.300. The Hall–Kier alpha value is -2.53. The smallest absolute Gasteiger partial charge is 0.229 e. The molecule has 0 radical (unpaired) electrons. The summed E-state index contributed by atoms with van der Waals surface area (Å²) in [5.74, 6) is 0.250. The van der Waals surface area contributed by atoms with E-state index < -0.39 is 0 Å². The molecule has 0 aliphatic carbocycles. The Morgan fingerprint density at radius 3 is 2.69 bits per heavy atom. The summed E-state index contributed by atoms with van der Waals surface area (Å²) in [7, 11) is 1.61. The lowest BCUT2D eigenvalue weighted by Gasteiger charge is -2.17. The van der Waals surface area contributed by atoms with Gasteiger partial charge in [0.05, 0.1) is 13.0 Å². The highest BCUT2D eigenvalue weighted by atomic mass is 35.5. The quantitative estimate of drug-likeness (QED) is 0.871. The second-order valence-corrected chi connectivity index (χ2v) is 6.91. The number of carbonyl (C=O) groups excluding carboxylic acids is 2. The molecule has 1 aliphatic rings. The van der Waals surface area contributed by atoms with Crippen LogP contribution in [0.15, 0.2) is 42.5 Å². The van der Waals surface area contributed by atoms with Gasteiger partial charge in [-0.3, -0.25) is 9.59 Å². The third kappa shape index (κ3) is 4.17. The van der Waals surface area contributed by atoms with E-state index in [1.165, 1.54) is 0 Å². The summed E-state index contributed by atoms with van der Waals surface area (Å²) < 4.78 is 5.14. The normalized spacial score (nSPS) is 16.7. The van der Waals surface area contributed by atoms with Crippen molar-refractivity contribution in [2.75, 3.05) is 19.0 Å². The number of hydrogen-bond donors (Lipinski definition) is 1. The Kier molecular flexibility index (Phi) is 5.47. The van der Waals surface area contributed by atoms with Gasteiger partial charge in [0.25, 0.3) is 0 Å². The molecule has 1 unspecified atom stereocenters. The minimum Gasteiger partial charge on any atom is -0.497 e. The van der Waals surface area contributed by atoms with Gasteiger partial charge in [0.1, 0.15) is 5.75 Å². The van der Waals surface area contributed by atoms with Gasteiger partial charge in [0.15, 0.2) is 0 Å². The molecule has 5 nitrogen and oxygen atoms in total. The number of benzene rings is 2. The third-order valence-corrected chi connectivity index (χ3v) is 4.81. The number of carbonyl (C=O) groups is 2. The number of nitrogens with zero attached hydrogens (tertiary/aromatic N) is 1. The Morgan fingerprint density at radius 1 is 1.27 bits per heavy atom. The van der Waals surface area contributed by atoms with E-state index in [2.05, 4.69) is 5.32 Å². The monoisotopic (exact) mass is 372 g/mol. The van der Waals surface area contributed by atoms with Crippen LogP contribution >= 0.6 is 11.6 Å². The van der Waals surface area contributed by atoms with E-state index in [9.17, 15) is 9.59 Å². The number of nitrogens with one attached hydrogen (secondary N) is 1. The second-order valence-electron chi connectivity index (χ2n) is 6.47. The molecule has 2 aromatic carbocycles. The lowest BCUT2D eigenvalue weighted by molar-refractivity contribution is -0.128. The van der Waals surface area contributed by atoms with Gasteiger partial charge < -0.3 is 15.0 Å². The molecule has 2 aromatic rings. The third-order valence-electron chi connectivity index (χ3n) is 4.58. The van der Waals surface area contributed by atoms with E-state index in [0.29, 0.717) is 23.8 Å². The predicted molar refractivity (Wildman–Crippen MR) is 101 cm³/mol. The van der Waals surface area contributed by atoms with Crippen LogP contribution in [0.2, 0.25) is 5.02 Å². The predicted octanol–water partition coefficient (Wildman–Crippen LogP) is 3.64. The van der Waals surface area contributed by atoms with Crippen molar-refractivity contribution in [2.45, 2.75) is 19.9 Å². The molecular weight excluding hydrogens is 352 g/mol. The molecule has 26 heavy (non-hydrogen) atoms. The maximum atomic E-state index is 12.6. The van der Waals surface area contributed by atoms with Crippen LogP contribution in [0, 0.1) is 12.8 Å². The number of rotatable bonds is 5. The van der Waals surface area contributed by atoms with Gasteiger partial charge in [0, 0.05) is 30.2 Å². The highest BCUT2D eigenvalue weighted by Crippen LogP contribution is 2.25. The van der Waals surface area contributed by atoms with Crippen molar-refractivity contribution in [3.63, 3.8) is 0 Å². The van der Waals surface area contributed by atoms with Crippen molar-refractivity contribution < 1.29 is 14.3 Å². The summed E-state index contributed by atoms with van der Waals surface area (Å²) >= 11 is 6.00. The van der Waals surface area contributed by atoms with Gasteiger partial charge in [-0.1, -0.05) is 29.8 Å². The molecule has 1 fully saturated rings. The minimum atomic E-state index is -0.362. The summed E-state index contributed by atoms with van der Waals surface area (Å²) in [6, 6.07) is 12.9. The summed E-state index contributed by atoms with van der Waals surface area (Å²) in [4.78, 5) is 26.6. The summed E-state index contributed by atoms with van der Waals surface area (Å²) in [5.41, 5.74) is 2.62. The number of ether oxygens (including phenoxy) is 1. The first-order chi connectivity index (χ1) is 12.5. The van der Waals surface area contributed by atoms with Crippen LogP contribution in [0.5, 0.6) is 5.75 Å². The molecule has 1 N–H and O–H groups in total. The minimum absolute atomic E-state index is 0.0104. The summed E-state index contributed by atoms with van der Waals surface area (Å²) in [5, 5.41) is 3.46. The molecule has 0 spiro atoms. The van der Waals surface area contributed by atoms with Crippen molar-refractivity contribution in [1.29, 1.82) is 0 Å². The number of hydrogen-bond acceptors (Lipinski definition) is 3. The van der Waals surface area contributed by atoms with E-state index in [1.807, 2.05) is 37.3 Å². The van der Waals surface area contributed by atoms with Gasteiger partial charge >= 0.3 is 0 Å². The van der Waals surface area contributed by atoms with E-state index in [4.69, 9.17) is 16.3 Å². The van der Waals surface area contributed by atoms with Crippen molar-refractivity contribution in [3.05, 3.63) is 58.6 Å². The first kappa shape index (κ1) is 18.3. The Balaban J connectivity index is 1.63. The SMILES string of the molecule is COc1ccc(CN2CC(C(=O)Nc3cc(Cl)ccc3C)CC2=O)cc1. The molecule has 1 atom stereocenters. The first-order valence-corrected chi connectivity index (χ1v) is 8.82. The maximum Gasteiger partial charge on any atom is 0.229 e. The van der Waals surface area contributed by atoms with Crippen molar-refractivity contribution >= 4 is 29.1 Å². The first-order valence-electron chi connectivity index (χ1n) is 8.44. The van der Waals surface area contributed by atoms with E-state index in [0.717, 1.165) is 16.9 Å². The Labute approximate surface area is 157 Å². The van der Waals surface area contributed by atoms with E-state index in [-0.39, 0.29) is 24.2 Å². The van der Waals surface area contributed by atoms with Crippen LogP contribution in [-0.2, 0) is 16.1 Å². The number of amides is 2. The standard InChI is InChI=1S/C20H21ClN2O3/c1-13-3-6-16(21)10-18(13)22-20(25)15-9-19(24)23(12-15)11-14-4-7-17(26-2)8-5-14/h3-8,10,15H,9,11-12H2,1-2H3,(H,22,25). The summed E-state index contributed by atoms with van der Waals surface area (Å²) in [6.45, 7) is 2.81. The molecule has 6 heteroatoms. The van der Waals surface area contributed by atoms with Gasteiger partial charge in [-0.05, 0) is 42.3 Å². The molecule has 2 amide bonds. The molecule has 0 saturated carbocycles. The molecular formula is C20H21ClN2O3. The average Bonchev–Trinajstić information content (AvgIpc) is 2.99. The molecule has 1 aliphatic heterocycles. The van der Waals surface area contributed by atoms with Crippen LogP contribution in [0.1, 0.15) is 17.5 Å². The molecule has 136 valence electrons. The van der Waals surface area contributed by atoms with Crippen molar-refractivity contribution in [1.82, 2.24) is 4.90 Å². The van der Waals surface area contributed by atoms with Gasteiger partial charge in [-0.15, -0.1) is 0 Å². The Bertz CT molecular complexity index is 820. The highest BCUT2D eigenvalue weighted by Gasteiger charge is 2.34. The summed E-state index contributed by atoms with van der Waals surface area (Å²) in [6.07, 6.45) is 0.224. The number of anilines is 1. The lowest BCUT2D eigenvalue weighted by Crippen LogP contribution is -2.28. The molecule has 0 bridgehead atoms.